The number of anilines is 1. The summed E-state index contributed by atoms with van der Waals surface area (Å²) in [7, 11) is 2.86. The number of benzene rings is 1. The molecule has 0 unspecified atom stereocenters. The Morgan fingerprint density at radius 2 is 2.12 bits per heavy atom. The molecule has 1 aromatic carbocycles. The first-order valence-electron chi connectivity index (χ1n) is 4.84. The Hall–Kier alpha value is -1.75. The number of methoxy groups -OCH3 is 2. The molecule has 16 heavy (non-hydrogen) atoms. The van der Waals surface area contributed by atoms with Crippen LogP contribution in [0.4, 0.5) is 5.69 Å². The van der Waals surface area contributed by atoms with Gasteiger partial charge in [-0.1, -0.05) is 6.07 Å². The van der Waals surface area contributed by atoms with Crippen molar-refractivity contribution >= 4 is 11.7 Å². The van der Waals surface area contributed by atoms with Crippen LogP contribution in [0.25, 0.3) is 0 Å². The van der Waals surface area contributed by atoms with E-state index in [1.54, 1.807) is 19.2 Å². The third-order valence-corrected chi connectivity index (χ3v) is 2.25. The summed E-state index contributed by atoms with van der Waals surface area (Å²) in [5.41, 5.74) is 12.8. The highest BCUT2D eigenvalue weighted by atomic mass is 16.5. The summed E-state index contributed by atoms with van der Waals surface area (Å²) < 4.78 is 9.57. The summed E-state index contributed by atoms with van der Waals surface area (Å²) in [6.07, 6.45) is 0.390. The van der Waals surface area contributed by atoms with Crippen molar-refractivity contribution in [2.75, 3.05) is 20.0 Å². The Labute approximate surface area is 94.3 Å². The quantitative estimate of drug-likeness (QED) is 0.568. The average Bonchev–Trinajstić information content (AvgIpc) is 2.28. The van der Waals surface area contributed by atoms with E-state index in [1.807, 2.05) is 6.07 Å². The van der Waals surface area contributed by atoms with E-state index in [0.717, 1.165) is 5.56 Å². The lowest BCUT2D eigenvalue weighted by molar-refractivity contribution is -0.142. The maximum atomic E-state index is 11.1. The molecule has 0 radical (unpaired) electrons. The van der Waals surface area contributed by atoms with Crippen molar-refractivity contribution in [3.63, 3.8) is 0 Å². The van der Waals surface area contributed by atoms with E-state index >= 15 is 0 Å². The van der Waals surface area contributed by atoms with Crippen molar-refractivity contribution in [1.82, 2.24) is 0 Å². The number of hydrogen-bond acceptors (Lipinski definition) is 5. The second kappa shape index (κ2) is 5.37. The number of esters is 1. The molecule has 5 heteroatoms. The van der Waals surface area contributed by atoms with Gasteiger partial charge in [-0.15, -0.1) is 0 Å². The monoisotopic (exact) mass is 224 g/mol. The van der Waals surface area contributed by atoms with E-state index in [4.69, 9.17) is 16.2 Å². The number of carbonyl (C=O) groups excluding carboxylic acids is 1. The Balaban J connectivity index is 2.75. The van der Waals surface area contributed by atoms with Crippen LogP contribution in [-0.2, 0) is 16.0 Å². The molecule has 4 N–H and O–H groups in total. The van der Waals surface area contributed by atoms with Crippen molar-refractivity contribution in [3.05, 3.63) is 23.8 Å². The first-order chi connectivity index (χ1) is 7.58. The van der Waals surface area contributed by atoms with Crippen molar-refractivity contribution in [1.29, 1.82) is 0 Å². The molecule has 0 aliphatic rings. The molecule has 0 saturated heterocycles. The van der Waals surface area contributed by atoms with Crippen molar-refractivity contribution in [3.8, 4) is 5.75 Å². The molecule has 1 atom stereocenters. The predicted molar refractivity (Wildman–Crippen MR) is 61.1 cm³/mol. The van der Waals surface area contributed by atoms with Gasteiger partial charge < -0.3 is 20.9 Å². The zero-order chi connectivity index (χ0) is 12.1. The molecule has 0 bridgehead atoms. The van der Waals surface area contributed by atoms with Gasteiger partial charge in [-0.2, -0.15) is 0 Å². The van der Waals surface area contributed by atoms with E-state index in [0.29, 0.717) is 17.9 Å². The van der Waals surface area contributed by atoms with Crippen LogP contribution in [0.15, 0.2) is 18.2 Å². The SMILES string of the molecule is COC(=O)[C@H](N)Cc1ccc(OC)c(N)c1. The van der Waals surface area contributed by atoms with Gasteiger partial charge in [-0.05, 0) is 24.1 Å². The third-order valence-electron chi connectivity index (χ3n) is 2.25. The summed E-state index contributed by atoms with van der Waals surface area (Å²) in [6.45, 7) is 0. The molecule has 0 spiro atoms. The molecule has 0 amide bonds. The lowest BCUT2D eigenvalue weighted by Gasteiger charge is -2.11. The zero-order valence-corrected chi connectivity index (χ0v) is 9.40. The first-order valence-corrected chi connectivity index (χ1v) is 4.84. The lowest BCUT2D eigenvalue weighted by Crippen LogP contribution is -2.33. The maximum Gasteiger partial charge on any atom is 0.322 e. The number of carbonyl (C=O) groups is 1. The van der Waals surface area contributed by atoms with Gasteiger partial charge in [0, 0.05) is 0 Å². The van der Waals surface area contributed by atoms with Gasteiger partial charge in [0.2, 0.25) is 0 Å². The highest BCUT2D eigenvalue weighted by Gasteiger charge is 2.14. The lowest BCUT2D eigenvalue weighted by atomic mass is 10.1. The Bertz CT molecular complexity index is 379. The van der Waals surface area contributed by atoms with E-state index in [-0.39, 0.29) is 0 Å². The van der Waals surface area contributed by atoms with Crippen molar-refractivity contribution in [2.45, 2.75) is 12.5 Å². The van der Waals surface area contributed by atoms with Crippen molar-refractivity contribution < 1.29 is 14.3 Å². The van der Waals surface area contributed by atoms with Gasteiger partial charge in [0.05, 0.1) is 19.9 Å². The summed E-state index contributed by atoms with van der Waals surface area (Å²) in [4.78, 5) is 11.1. The minimum atomic E-state index is -0.669. The van der Waals surface area contributed by atoms with Gasteiger partial charge in [0.15, 0.2) is 0 Å². The van der Waals surface area contributed by atoms with Crippen LogP contribution < -0.4 is 16.2 Å². The van der Waals surface area contributed by atoms with E-state index < -0.39 is 12.0 Å². The number of rotatable bonds is 4. The van der Waals surface area contributed by atoms with Crippen molar-refractivity contribution in [2.24, 2.45) is 5.73 Å². The summed E-state index contributed by atoms with van der Waals surface area (Å²) in [5.74, 6) is 0.171. The van der Waals surface area contributed by atoms with Crippen LogP contribution in [0, 0.1) is 0 Å². The summed E-state index contributed by atoms with van der Waals surface area (Å²) in [6, 6.07) is 4.63. The van der Waals surface area contributed by atoms with Crippen LogP contribution in [0.5, 0.6) is 5.75 Å². The first kappa shape index (κ1) is 12.3. The molecule has 0 aromatic heterocycles. The third kappa shape index (κ3) is 2.87. The largest absolute Gasteiger partial charge is 0.495 e. The van der Waals surface area contributed by atoms with Crippen LogP contribution in [0.1, 0.15) is 5.56 Å². The molecule has 0 heterocycles. The van der Waals surface area contributed by atoms with Gasteiger partial charge >= 0.3 is 5.97 Å². The second-order valence-electron chi connectivity index (χ2n) is 3.41. The zero-order valence-electron chi connectivity index (χ0n) is 9.40. The maximum absolute atomic E-state index is 11.1. The van der Waals surface area contributed by atoms with Crippen LogP contribution in [0.2, 0.25) is 0 Å². The number of hydrogen-bond donors (Lipinski definition) is 2. The highest BCUT2D eigenvalue weighted by molar-refractivity contribution is 5.75. The predicted octanol–water partition coefficient (Wildman–Crippen LogP) is 0.320. The summed E-state index contributed by atoms with van der Waals surface area (Å²) in [5, 5.41) is 0. The van der Waals surface area contributed by atoms with E-state index in [1.165, 1.54) is 7.11 Å². The molecular weight excluding hydrogens is 208 g/mol. The van der Waals surface area contributed by atoms with Gasteiger partial charge in [-0.3, -0.25) is 4.79 Å². The fourth-order valence-corrected chi connectivity index (χ4v) is 1.40. The second-order valence-corrected chi connectivity index (χ2v) is 3.41. The van der Waals surface area contributed by atoms with E-state index in [9.17, 15) is 4.79 Å². The number of ether oxygens (including phenoxy) is 2. The minimum absolute atomic E-state index is 0.390. The van der Waals surface area contributed by atoms with Crippen LogP contribution in [0.3, 0.4) is 0 Å². The number of nitrogens with two attached hydrogens (primary N) is 2. The van der Waals surface area contributed by atoms with Gasteiger partial charge in [-0.25, -0.2) is 0 Å². The smallest absolute Gasteiger partial charge is 0.322 e. The molecule has 0 saturated carbocycles. The Kier molecular flexibility index (Phi) is 4.13. The minimum Gasteiger partial charge on any atom is -0.495 e. The van der Waals surface area contributed by atoms with Crippen LogP contribution in [-0.4, -0.2) is 26.2 Å². The fourth-order valence-electron chi connectivity index (χ4n) is 1.40. The Morgan fingerprint density at radius 1 is 1.44 bits per heavy atom. The molecule has 88 valence electrons. The Morgan fingerprint density at radius 3 is 2.62 bits per heavy atom. The van der Waals surface area contributed by atoms with Crippen LogP contribution >= 0.6 is 0 Å². The molecule has 1 aromatic rings. The van der Waals surface area contributed by atoms with Gasteiger partial charge in [0.25, 0.3) is 0 Å². The average molecular weight is 224 g/mol. The molecule has 1 rings (SSSR count). The number of nitrogen functional groups attached to an aromatic ring is 1. The topological polar surface area (TPSA) is 87.6 Å². The molecule has 0 aliphatic carbocycles. The standard InChI is InChI=1S/C11H16N2O3/c1-15-10-4-3-7(5-8(10)12)6-9(13)11(14)16-2/h3-5,9H,6,12-13H2,1-2H3/t9-/m1/s1. The molecular formula is C11H16N2O3. The van der Waals surface area contributed by atoms with Gasteiger partial charge in [0.1, 0.15) is 11.8 Å². The molecule has 0 fully saturated rings. The summed E-state index contributed by atoms with van der Waals surface area (Å²) >= 11 is 0. The van der Waals surface area contributed by atoms with E-state index in [2.05, 4.69) is 4.74 Å². The highest BCUT2D eigenvalue weighted by Crippen LogP contribution is 2.22. The molecule has 5 nitrogen and oxygen atoms in total. The normalized spacial score (nSPS) is 11.9. The molecule has 0 aliphatic heterocycles. The fraction of sp³-hybridized carbons (Fsp3) is 0.364.